The summed E-state index contributed by atoms with van der Waals surface area (Å²) in [5, 5.41) is 11.1. The van der Waals surface area contributed by atoms with Crippen LogP contribution in [0.25, 0.3) is 12.2 Å². The molecule has 1 aromatic heterocycles. The van der Waals surface area contributed by atoms with Crippen LogP contribution in [0.4, 0.5) is 5.69 Å². The highest BCUT2D eigenvalue weighted by Gasteiger charge is 2.30. The summed E-state index contributed by atoms with van der Waals surface area (Å²) in [6.45, 7) is 5.62. The summed E-state index contributed by atoms with van der Waals surface area (Å²) in [7, 11) is 0. The summed E-state index contributed by atoms with van der Waals surface area (Å²) >= 11 is 1.55. The number of aliphatic carboxylic acids is 1. The summed E-state index contributed by atoms with van der Waals surface area (Å²) in [6, 6.07) is 11.8. The van der Waals surface area contributed by atoms with Crippen LogP contribution in [0.2, 0.25) is 0 Å². The fourth-order valence-corrected chi connectivity index (χ4v) is 3.67. The fraction of sp³-hybridized carbons (Fsp3) is 0.227. The molecular formula is C22H23N3O3S. The summed E-state index contributed by atoms with van der Waals surface area (Å²) in [6.07, 6.45) is 5.19. The summed E-state index contributed by atoms with van der Waals surface area (Å²) in [5.74, 6) is -1.16. The predicted molar refractivity (Wildman–Crippen MR) is 118 cm³/mol. The first-order valence-corrected chi connectivity index (χ1v) is 10.3. The number of thiophene rings is 1. The number of carboxylic acid groups (broad SMARTS) is 1. The van der Waals surface area contributed by atoms with Gasteiger partial charge in [-0.05, 0) is 61.2 Å². The van der Waals surface area contributed by atoms with Crippen LogP contribution in [-0.4, -0.2) is 47.4 Å². The van der Waals surface area contributed by atoms with E-state index in [2.05, 4.69) is 23.7 Å². The van der Waals surface area contributed by atoms with Crippen molar-refractivity contribution in [2.24, 2.45) is 4.99 Å². The second-order valence-electron chi connectivity index (χ2n) is 6.40. The molecule has 6 nitrogen and oxygen atoms in total. The zero-order valence-electron chi connectivity index (χ0n) is 16.4. The number of rotatable bonds is 8. The molecule has 150 valence electrons. The van der Waals surface area contributed by atoms with Crippen LogP contribution in [0.3, 0.4) is 0 Å². The topological polar surface area (TPSA) is 73.2 Å². The van der Waals surface area contributed by atoms with Gasteiger partial charge in [-0.15, -0.1) is 11.3 Å². The van der Waals surface area contributed by atoms with E-state index in [1.165, 1.54) is 4.90 Å². The van der Waals surface area contributed by atoms with Gasteiger partial charge in [-0.25, -0.2) is 4.99 Å². The maximum atomic E-state index is 12.7. The third kappa shape index (κ3) is 5.00. The van der Waals surface area contributed by atoms with E-state index in [0.717, 1.165) is 29.2 Å². The molecule has 1 aliphatic heterocycles. The Bertz CT molecular complexity index is 956. The molecule has 0 radical (unpaired) electrons. The smallest absolute Gasteiger partial charge is 0.323 e. The molecule has 1 N–H and O–H groups in total. The lowest BCUT2D eigenvalue weighted by Gasteiger charge is -2.20. The summed E-state index contributed by atoms with van der Waals surface area (Å²) in [4.78, 5) is 32.7. The van der Waals surface area contributed by atoms with Gasteiger partial charge in [-0.1, -0.05) is 18.2 Å². The minimum atomic E-state index is -1.08. The predicted octanol–water partition coefficient (Wildman–Crippen LogP) is 3.97. The number of amidine groups is 1. The van der Waals surface area contributed by atoms with Crippen molar-refractivity contribution in [2.75, 3.05) is 24.5 Å². The largest absolute Gasteiger partial charge is 0.480 e. The van der Waals surface area contributed by atoms with Crippen molar-refractivity contribution in [1.82, 2.24) is 4.90 Å². The molecule has 7 heteroatoms. The van der Waals surface area contributed by atoms with Crippen LogP contribution in [0, 0.1) is 0 Å². The number of hydrogen-bond acceptors (Lipinski definition) is 5. The Hall–Kier alpha value is -3.19. The van der Waals surface area contributed by atoms with Crippen molar-refractivity contribution < 1.29 is 14.7 Å². The number of aliphatic imine (C=N–C) groups is 1. The van der Waals surface area contributed by atoms with Gasteiger partial charge >= 0.3 is 5.97 Å². The Balaban J connectivity index is 1.87. The number of benzene rings is 1. The highest BCUT2D eigenvalue weighted by molar-refractivity contribution is 7.10. The number of carbonyl (C=O) groups is 2. The average Bonchev–Trinajstić information content (AvgIpc) is 3.32. The summed E-state index contributed by atoms with van der Waals surface area (Å²) in [5.41, 5.74) is 2.19. The number of amides is 1. The first-order valence-electron chi connectivity index (χ1n) is 9.42. The third-order valence-electron chi connectivity index (χ3n) is 4.53. The van der Waals surface area contributed by atoms with Crippen LogP contribution < -0.4 is 4.90 Å². The maximum Gasteiger partial charge on any atom is 0.323 e. The number of anilines is 1. The average molecular weight is 410 g/mol. The SMILES string of the molecule is CCN(CC)c1ccc(/C=C2N=C(/C=C/c3cccs3)N(CC(=O)O)C\2=O)cc1. The lowest BCUT2D eigenvalue weighted by Crippen LogP contribution is -2.35. The van der Waals surface area contributed by atoms with Crippen molar-refractivity contribution in [3.8, 4) is 0 Å². The van der Waals surface area contributed by atoms with Crippen molar-refractivity contribution >= 4 is 46.9 Å². The molecule has 0 saturated heterocycles. The van der Waals surface area contributed by atoms with Crippen molar-refractivity contribution in [3.05, 3.63) is 64.0 Å². The van der Waals surface area contributed by atoms with E-state index < -0.39 is 18.4 Å². The van der Waals surface area contributed by atoms with E-state index in [1.807, 2.05) is 47.9 Å². The second kappa shape index (κ2) is 9.34. The minimum absolute atomic E-state index is 0.229. The molecule has 0 saturated carbocycles. The maximum absolute atomic E-state index is 12.7. The molecule has 1 amide bonds. The molecule has 3 rings (SSSR count). The molecule has 0 bridgehead atoms. The second-order valence-corrected chi connectivity index (χ2v) is 7.38. The van der Waals surface area contributed by atoms with Crippen LogP contribution in [0.15, 0.2) is 58.5 Å². The van der Waals surface area contributed by atoms with Crippen molar-refractivity contribution in [2.45, 2.75) is 13.8 Å². The standard InChI is InChI=1S/C22H23N3O3S/c1-3-24(4-2)17-9-7-16(8-10-17)14-19-22(28)25(15-21(26)27)20(23-19)12-11-18-6-5-13-29-18/h5-14H,3-4,15H2,1-2H3,(H,26,27)/b12-11+,19-14-. The van der Waals surface area contributed by atoms with Crippen LogP contribution in [-0.2, 0) is 9.59 Å². The summed E-state index contributed by atoms with van der Waals surface area (Å²) < 4.78 is 0. The highest BCUT2D eigenvalue weighted by Crippen LogP contribution is 2.22. The normalized spacial score (nSPS) is 15.4. The Labute approximate surface area is 174 Å². The van der Waals surface area contributed by atoms with Crippen LogP contribution in [0.1, 0.15) is 24.3 Å². The Morgan fingerprint density at radius 3 is 2.48 bits per heavy atom. The van der Waals surface area contributed by atoms with E-state index in [1.54, 1.807) is 23.5 Å². The molecule has 1 aromatic carbocycles. The quantitative estimate of drug-likeness (QED) is 0.670. The molecule has 1 aliphatic rings. The van der Waals surface area contributed by atoms with E-state index in [4.69, 9.17) is 0 Å². The molecular weight excluding hydrogens is 386 g/mol. The highest BCUT2D eigenvalue weighted by atomic mass is 32.1. The van der Waals surface area contributed by atoms with Gasteiger partial charge in [0.1, 0.15) is 18.1 Å². The van der Waals surface area contributed by atoms with E-state index in [9.17, 15) is 14.7 Å². The van der Waals surface area contributed by atoms with Gasteiger partial charge in [-0.2, -0.15) is 0 Å². The zero-order valence-corrected chi connectivity index (χ0v) is 17.2. The molecule has 0 fully saturated rings. The van der Waals surface area contributed by atoms with Gasteiger partial charge in [0, 0.05) is 23.7 Å². The number of carbonyl (C=O) groups excluding carboxylic acids is 1. The molecule has 0 atom stereocenters. The van der Waals surface area contributed by atoms with Gasteiger partial charge in [-0.3, -0.25) is 14.5 Å². The molecule has 0 unspecified atom stereocenters. The molecule has 0 aliphatic carbocycles. The minimum Gasteiger partial charge on any atom is -0.480 e. The van der Waals surface area contributed by atoms with Crippen LogP contribution >= 0.6 is 11.3 Å². The van der Waals surface area contributed by atoms with Gasteiger partial charge in [0.05, 0.1) is 0 Å². The van der Waals surface area contributed by atoms with Gasteiger partial charge in [0.2, 0.25) is 0 Å². The lowest BCUT2D eigenvalue weighted by molar-refractivity contribution is -0.140. The Morgan fingerprint density at radius 2 is 1.90 bits per heavy atom. The number of carboxylic acids is 1. The fourth-order valence-electron chi connectivity index (χ4n) is 3.05. The molecule has 29 heavy (non-hydrogen) atoms. The van der Waals surface area contributed by atoms with E-state index in [0.29, 0.717) is 5.84 Å². The first kappa shape index (κ1) is 20.5. The van der Waals surface area contributed by atoms with Gasteiger partial charge in [0.15, 0.2) is 0 Å². The van der Waals surface area contributed by atoms with E-state index >= 15 is 0 Å². The first-order chi connectivity index (χ1) is 14.0. The monoisotopic (exact) mass is 409 g/mol. The Morgan fingerprint density at radius 1 is 1.17 bits per heavy atom. The zero-order chi connectivity index (χ0) is 20.8. The number of hydrogen-bond donors (Lipinski definition) is 1. The number of nitrogens with zero attached hydrogens (tertiary/aromatic N) is 3. The van der Waals surface area contributed by atoms with Gasteiger partial charge in [0.25, 0.3) is 5.91 Å². The third-order valence-corrected chi connectivity index (χ3v) is 5.37. The molecule has 0 spiro atoms. The lowest BCUT2D eigenvalue weighted by atomic mass is 10.1. The van der Waals surface area contributed by atoms with Gasteiger partial charge < -0.3 is 10.0 Å². The van der Waals surface area contributed by atoms with Crippen molar-refractivity contribution in [1.29, 1.82) is 0 Å². The molecule has 2 aromatic rings. The van der Waals surface area contributed by atoms with E-state index in [-0.39, 0.29) is 5.70 Å². The molecule has 2 heterocycles. The van der Waals surface area contributed by atoms with Crippen LogP contribution in [0.5, 0.6) is 0 Å². The Kier molecular flexibility index (Phi) is 6.61. The van der Waals surface area contributed by atoms with Crippen molar-refractivity contribution in [3.63, 3.8) is 0 Å².